The summed E-state index contributed by atoms with van der Waals surface area (Å²) in [6.07, 6.45) is -8.46. The van der Waals surface area contributed by atoms with E-state index in [2.05, 4.69) is 4.90 Å². The van der Waals surface area contributed by atoms with Gasteiger partial charge in [-0.15, -0.1) is 0 Å². The van der Waals surface area contributed by atoms with E-state index in [1.165, 1.54) is 19.1 Å². The third-order valence-corrected chi connectivity index (χ3v) is 7.98. The lowest BCUT2D eigenvalue weighted by atomic mass is 9.77. The Morgan fingerprint density at radius 3 is 2.20 bits per heavy atom. The van der Waals surface area contributed by atoms with E-state index in [9.17, 15) is 35.5 Å². The largest absolute Gasteiger partial charge is 0.416 e. The lowest BCUT2D eigenvalue weighted by molar-refractivity contribution is -0.217. The highest BCUT2D eigenvalue weighted by molar-refractivity contribution is 5.91. The van der Waals surface area contributed by atoms with Gasteiger partial charge >= 0.3 is 12.4 Å². The van der Waals surface area contributed by atoms with Gasteiger partial charge in [-0.2, -0.15) is 26.3 Å². The lowest BCUT2D eigenvalue weighted by Crippen LogP contribution is -2.42. The minimum atomic E-state index is -4.98. The molecule has 2 aromatic carbocycles. The summed E-state index contributed by atoms with van der Waals surface area (Å²) in [6.45, 7) is 2.83. The first kappa shape index (κ1) is 28.6. The minimum absolute atomic E-state index is 0.0357. The zero-order valence-corrected chi connectivity index (χ0v) is 21.6. The maximum absolute atomic E-state index is 13.8. The molecule has 2 aromatic rings. The number of alkyl halides is 6. The fraction of sp³-hybridized carbons (Fsp3) is 0.483. The van der Waals surface area contributed by atoms with Gasteiger partial charge in [0, 0.05) is 43.1 Å². The number of likely N-dealkylation sites (tertiary alicyclic amines) is 1. The Morgan fingerprint density at radius 1 is 0.950 bits per heavy atom. The Balaban J connectivity index is 1.45. The highest BCUT2D eigenvalue weighted by Crippen LogP contribution is 2.46. The zero-order valence-electron chi connectivity index (χ0n) is 21.6. The van der Waals surface area contributed by atoms with E-state index in [-0.39, 0.29) is 35.9 Å². The van der Waals surface area contributed by atoms with Gasteiger partial charge in [0.15, 0.2) is 12.1 Å². The number of hydrogen-bond acceptors (Lipinski definition) is 4. The second-order valence-electron chi connectivity index (χ2n) is 10.7. The van der Waals surface area contributed by atoms with E-state index in [1.54, 1.807) is 18.2 Å². The number of allylic oxidation sites excluding steroid dienone is 2. The van der Waals surface area contributed by atoms with Crippen molar-refractivity contribution < 1.29 is 45.0 Å². The first-order chi connectivity index (χ1) is 18.8. The molecule has 2 fully saturated rings. The molecule has 216 valence electrons. The Hall–Kier alpha value is -2.92. The highest BCUT2D eigenvalue weighted by Gasteiger charge is 2.48. The van der Waals surface area contributed by atoms with Crippen molar-refractivity contribution in [2.24, 2.45) is 11.8 Å². The number of ketones is 1. The smallest absolute Gasteiger partial charge is 0.374 e. The number of ether oxygens (including phenoxy) is 2. The molecule has 11 heteroatoms. The summed E-state index contributed by atoms with van der Waals surface area (Å²) in [5, 5.41) is 0. The van der Waals surface area contributed by atoms with Crippen LogP contribution in [0.15, 0.2) is 54.2 Å². The summed E-state index contributed by atoms with van der Waals surface area (Å²) < 4.78 is 107. The van der Waals surface area contributed by atoms with Gasteiger partial charge in [0.25, 0.3) is 0 Å². The van der Waals surface area contributed by atoms with Gasteiger partial charge in [-0.1, -0.05) is 12.1 Å². The van der Waals surface area contributed by atoms with Crippen molar-refractivity contribution in [1.82, 2.24) is 4.90 Å². The molecule has 4 nitrogen and oxygen atoms in total. The van der Waals surface area contributed by atoms with Crippen LogP contribution in [0.1, 0.15) is 60.5 Å². The number of carbonyl (C=O) groups excluding carboxylic acids is 1. The normalized spacial score (nSPS) is 26.4. The summed E-state index contributed by atoms with van der Waals surface area (Å²) in [5.74, 6) is -0.892. The van der Waals surface area contributed by atoms with E-state index in [4.69, 9.17) is 9.47 Å². The van der Waals surface area contributed by atoms with Gasteiger partial charge in [0.2, 0.25) is 0 Å². The highest BCUT2D eigenvalue weighted by atomic mass is 19.4. The lowest BCUT2D eigenvalue weighted by Gasteiger charge is -2.40. The first-order valence-corrected chi connectivity index (χ1v) is 13.1. The molecule has 1 aliphatic carbocycles. The van der Waals surface area contributed by atoms with Crippen LogP contribution in [-0.4, -0.2) is 36.7 Å². The summed E-state index contributed by atoms with van der Waals surface area (Å²) in [6, 6.07) is 7.14. The van der Waals surface area contributed by atoms with Crippen molar-refractivity contribution in [3.8, 4) is 0 Å². The maximum Gasteiger partial charge on any atom is 0.416 e. The third kappa shape index (κ3) is 6.05. The molecule has 40 heavy (non-hydrogen) atoms. The molecule has 5 rings (SSSR count). The molecule has 0 saturated carbocycles. The monoisotopic (exact) mass is 571 g/mol. The van der Waals surface area contributed by atoms with Crippen LogP contribution in [0.4, 0.5) is 30.7 Å². The topological polar surface area (TPSA) is 38.8 Å². The van der Waals surface area contributed by atoms with E-state index < -0.39 is 47.6 Å². The number of nitrogens with zero attached hydrogens (tertiary/aromatic N) is 1. The zero-order chi connectivity index (χ0) is 28.8. The summed E-state index contributed by atoms with van der Waals surface area (Å²) in [5.41, 5.74) is -1.50. The average molecular weight is 572 g/mol. The minimum Gasteiger partial charge on any atom is -0.374 e. The number of halogens is 7. The fourth-order valence-electron chi connectivity index (χ4n) is 5.97. The molecule has 5 atom stereocenters. The average Bonchev–Trinajstić information content (AvgIpc) is 3.32. The molecule has 0 N–H and O–H groups in total. The van der Waals surface area contributed by atoms with Crippen LogP contribution < -0.4 is 0 Å². The molecule has 2 heterocycles. The van der Waals surface area contributed by atoms with Crippen molar-refractivity contribution >= 4 is 5.78 Å². The molecule has 1 unspecified atom stereocenters. The molecule has 2 saturated heterocycles. The fourth-order valence-corrected chi connectivity index (χ4v) is 5.97. The van der Waals surface area contributed by atoms with Gasteiger partial charge in [-0.3, -0.25) is 4.79 Å². The Kier molecular flexibility index (Phi) is 7.73. The Morgan fingerprint density at radius 2 is 1.60 bits per heavy atom. The van der Waals surface area contributed by atoms with Crippen molar-refractivity contribution in [1.29, 1.82) is 0 Å². The van der Waals surface area contributed by atoms with Gasteiger partial charge < -0.3 is 14.4 Å². The van der Waals surface area contributed by atoms with E-state index in [0.717, 1.165) is 18.5 Å². The van der Waals surface area contributed by atoms with Crippen molar-refractivity contribution in [3.05, 3.63) is 82.3 Å². The van der Waals surface area contributed by atoms with E-state index in [1.807, 2.05) is 0 Å². The van der Waals surface area contributed by atoms with Crippen LogP contribution in [-0.2, 0) is 26.6 Å². The number of benzene rings is 2. The number of fused-ring (bicyclic) bond motifs is 1. The summed E-state index contributed by atoms with van der Waals surface area (Å²) >= 11 is 0. The van der Waals surface area contributed by atoms with Gasteiger partial charge in [-0.25, -0.2) is 4.39 Å². The van der Waals surface area contributed by atoms with Crippen LogP contribution in [0.25, 0.3) is 0 Å². The van der Waals surface area contributed by atoms with Gasteiger partial charge in [0.1, 0.15) is 5.82 Å². The van der Waals surface area contributed by atoms with Gasteiger partial charge in [0.05, 0.1) is 23.8 Å². The number of carbonyl (C=O) groups is 1. The summed E-state index contributed by atoms with van der Waals surface area (Å²) in [4.78, 5) is 14.2. The van der Waals surface area contributed by atoms with Crippen LogP contribution >= 0.6 is 0 Å². The quantitative estimate of drug-likeness (QED) is 0.354. The summed E-state index contributed by atoms with van der Waals surface area (Å²) in [7, 11) is 0. The van der Waals surface area contributed by atoms with Gasteiger partial charge in [-0.05, 0) is 67.1 Å². The van der Waals surface area contributed by atoms with Crippen molar-refractivity contribution in [2.45, 2.75) is 56.9 Å². The molecule has 3 aliphatic rings. The van der Waals surface area contributed by atoms with Crippen LogP contribution in [0.3, 0.4) is 0 Å². The Labute approximate surface area is 226 Å². The Bertz CT molecular complexity index is 1240. The third-order valence-electron chi connectivity index (χ3n) is 7.98. The molecule has 0 aromatic heterocycles. The molecule has 0 radical (unpaired) electrons. The van der Waals surface area contributed by atoms with Crippen LogP contribution in [0, 0.1) is 17.7 Å². The SMILES string of the molecule is C[C@@H](O[C@H]1OC[C@@H]2CN(C3=CC(=O)CCC3)CC2[C@@H]1c1ccc(F)cc1)c1cc(C(F)(F)F)cc(C(F)(F)F)c1. The van der Waals surface area contributed by atoms with Crippen molar-refractivity contribution in [2.75, 3.05) is 19.7 Å². The maximum atomic E-state index is 13.8. The first-order valence-electron chi connectivity index (χ1n) is 13.1. The van der Waals surface area contributed by atoms with Crippen molar-refractivity contribution in [3.63, 3.8) is 0 Å². The molecular formula is C29H28F7NO3. The molecule has 0 spiro atoms. The molecule has 0 amide bonds. The second-order valence-corrected chi connectivity index (χ2v) is 10.7. The molecule has 0 bridgehead atoms. The van der Waals surface area contributed by atoms with E-state index >= 15 is 0 Å². The predicted molar refractivity (Wildman–Crippen MR) is 130 cm³/mol. The number of hydrogen-bond donors (Lipinski definition) is 0. The number of rotatable bonds is 5. The molecule has 2 aliphatic heterocycles. The molecular weight excluding hydrogens is 543 g/mol. The second kappa shape index (κ2) is 10.8. The van der Waals surface area contributed by atoms with Crippen LogP contribution in [0.2, 0.25) is 0 Å². The predicted octanol–water partition coefficient (Wildman–Crippen LogP) is 7.27. The van der Waals surface area contributed by atoms with Crippen LogP contribution in [0.5, 0.6) is 0 Å². The van der Waals surface area contributed by atoms with E-state index in [0.29, 0.717) is 37.2 Å². The standard InChI is InChI=1S/C29H28F7NO3/c1-16(18-9-20(28(31,32)33)11-21(10-18)29(34,35)36)40-27-26(17-5-7-22(30)8-6-17)25-14-37(13-19(25)15-39-27)23-3-2-4-24(38)12-23/h5-12,16,19,25-27H,2-4,13-15H2,1H3/t16-,19+,25?,26+,27-/m1/s1.